The molecule has 0 fully saturated rings. The van der Waals surface area contributed by atoms with Gasteiger partial charge in [0.2, 0.25) is 5.88 Å². The first kappa shape index (κ1) is 14.9. The molecular formula is C12H10BrN3O5. The third-order valence-corrected chi connectivity index (χ3v) is 2.88. The summed E-state index contributed by atoms with van der Waals surface area (Å²) in [5.41, 5.74) is 0.0154. The van der Waals surface area contributed by atoms with Crippen LogP contribution in [-0.4, -0.2) is 18.1 Å². The molecule has 0 bridgehead atoms. The van der Waals surface area contributed by atoms with E-state index in [0.717, 1.165) is 0 Å². The molecule has 0 atom stereocenters. The number of ether oxygens (including phenoxy) is 1. The molecule has 1 aromatic heterocycles. The molecule has 2 rings (SSSR count). The summed E-state index contributed by atoms with van der Waals surface area (Å²) in [7, 11) is 1.40. The van der Waals surface area contributed by atoms with Crippen molar-refractivity contribution in [2.24, 2.45) is 0 Å². The minimum atomic E-state index is -0.615. The van der Waals surface area contributed by atoms with Gasteiger partial charge in [0.15, 0.2) is 4.67 Å². The molecule has 0 aliphatic rings. The van der Waals surface area contributed by atoms with E-state index in [4.69, 9.17) is 9.15 Å². The maximum absolute atomic E-state index is 11.8. The molecule has 2 N–H and O–H groups in total. The highest BCUT2D eigenvalue weighted by molar-refractivity contribution is 9.10. The lowest BCUT2D eigenvalue weighted by Gasteiger charge is -2.09. The number of urea groups is 1. The Hall–Kier alpha value is -2.55. The molecule has 110 valence electrons. The number of carbonyl (C=O) groups excluding carboxylic acids is 1. The van der Waals surface area contributed by atoms with Crippen molar-refractivity contribution in [2.75, 3.05) is 17.7 Å². The highest BCUT2D eigenvalue weighted by Crippen LogP contribution is 2.29. The van der Waals surface area contributed by atoms with E-state index in [1.165, 1.54) is 25.3 Å². The van der Waals surface area contributed by atoms with Crippen LogP contribution < -0.4 is 15.4 Å². The van der Waals surface area contributed by atoms with Gasteiger partial charge in [-0.05, 0) is 28.1 Å². The Balaban J connectivity index is 2.15. The summed E-state index contributed by atoms with van der Waals surface area (Å²) in [5.74, 6) is 0.528. The van der Waals surface area contributed by atoms with Gasteiger partial charge >= 0.3 is 6.03 Å². The number of hydrogen-bond acceptors (Lipinski definition) is 5. The number of anilines is 2. The Morgan fingerprint density at radius 1 is 1.33 bits per heavy atom. The molecule has 8 nitrogen and oxygen atoms in total. The number of methoxy groups -OCH3 is 1. The standard InChI is InChI=1S/C12H10BrN3O5/c1-20-9-3-2-7(16(18)19)6-8(9)14-12(17)15-11-5-4-10(13)21-11/h2-6H,1H3,(H2,14,15,17). The smallest absolute Gasteiger partial charge is 0.326 e. The molecular weight excluding hydrogens is 346 g/mol. The van der Waals surface area contributed by atoms with Crippen molar-refractivity contribution < 1.29 is 18.9 Å². The number of non-ortho nitro benzene ring substituents is 1. The number of nitro benzene ring substituents is 1. The summed E-state index contributed by atoms with van der Waals surface area (Å²) in [4.78, 5) is 22.0. The van der Waals surface area contributed by atoms with Gasteiger partial charge in [0.05, 0.1) is 17.7 Å². The number of furan rings is 1. The number of carbonyl (C=O) groups is 1. The van der Waals surface area contributed by atoms with Crippen molar-refractivity contribution in [3.05, 3.63) is 45.1 Å². The second-order valence-electron chi connectivity index (χ2n) is 3.82. The molecule has 0 aliphatic heterocycles. The van der Waals surface area contributed by atoms with Gasteiger partial charge in [0.1, 0.15) is 5.75 Å². The van der Waals surface area contributed by atoms with Gasteiger partial charge in [-0.3, -0.25) is 15.4 Å². The number of rotatable bonds is 4. The van der Waals surface area contributed by atoms with Gasteiger partial charge in [-0.25, -0.2) is 4.79 Å². The third kappa shape index (κ3) is 3.72. The van der Waals surface area contributed by atoms with Crippen molar-refractivity contribution in [1.29, 1.82) is 0 Å². The Morgan fingerprint density at radius 2 is 2.10 bits per heavy atom. The Kier molecular flexibility index (Phi) is 4.43. The predicted molar refractivity (Wildman–Crippen MR) is 78.7 cm³/mol. The van der Waals surface area contributed by atoms with E-state index in [1.54, 1.807) is 12.1 Å². The topological polar surface area (TPSA) is 107 Å². The first-order valence-electron chi connectivity index (χ1n) is 5.65. The van der Waals surface area contributed by atoms with Crippen LogP contribution in [-0.2, 0) is 0 Å². The fourth-order valence-corrected chi connectivity index (χ4v) is 1.86. The molecule has 2 amide bonds. The van der Waals surface area contributed by atoms with Crippen molar-refractivity contribution in [3.8, 4) is 5.75 Å². The van der Waals surface area contributed by atoms with E-state index in [0.29, 0.717) is 10.4 Å². The van der Waals surface area contributed by atoms with E-state index in [2.05, 4.69) is 26.6 Å². The van der Waals surface area contributed by atoms with Gasteiger partial charge in [0, 0.05) is 18.2 Å². The fraction of sp³-hybridized carbons (Fsp3) is 0.0833. The van der Waals surface area contributed by atoms with Crippen LogP contribution in [0.3, 0.4) is 0 Å². The summed E-state index contributed by atoms with van der Waals surface area (Å²) in [6.07, 6.45) is 0. The number of nitro groups is 1. The van der Waals surface area contributed by atoms with Crippen LogP contribution in [0, 0.1) is 10.1 Å². The van der Waals surface area contributed by atoms with Crippen LogP contribution in [0.1, 0.15) is 0 Å². The monoisotopic (exact) mass is 355 g/mol. The van der Waals surface area contributed by atoms with Crippen LogP contribution in [0.4, 0.5) is 22.1 Å². The van der Waals surface area contributed by atoms with Gasteiger partial charge in [0.25, 0.3) is 5.69 Å². The first-order valence-corrected chi connectivity index (χ1v) is 6.44. The van der Waals surface area contributed by atoms with Crippen LogP contribution in [0.25, 0.3) is 0 Å². The normalized spacial score (nSPS) is 10.0. The highest BCUT2D eigenvalue weighted by atomic mass is 79.9. The molecule has 0 aliphatic carbocycles. The van der Waals surface area contributed by atoms with Crippen LogP contribution in [0.5, 0.6) is 5.75 Å². The second-order valence-corrected chi connectivity index (χ2v) is 4.61. The molecule has 21 heavy (non-hydrogen) atoms. The Bertz CT molecular complexity index is 685. The number of halogens is 1. The van der Waals surface area contributed by atoms with Crippen molar-refractivity contribution in [3.63, 3.8) is 0 Å². The molecule has 0 unspecified atom stereocenters. The van der Waals surface area contributed by atoms with E-state index in [1.807, 2.05) is 0 Å². The lowest BCUT2D eigenvalue weighted by molar-refractivity contribution is -0.384. The van der Waals surface area contributed by atoms with E-state index >= 15 is 0 Å². The summed E-state index contributed by atoms with van der Waals surface area (Å²) in [5, 5.41) is 15.6. The highest BCUT2D eigenvalue weighted by Gasteiger charge is 2.14. The Morgan fingerprint density at radius 3 is 2.67 bits per heavy atom. The quantitative estimate of drug-likeness (QED) is 0.643. The maximum Gasteiger partial charge on any atom is 0.326 e. The Labute approximate surface area is 127 Å². The molecule has 0 spiro atoms. The summed E-state index contributed by atoms with van der Waals surface area (Å²) in [6.45, 7) is 0. The maximum atomic E-state index is 11.8. The lowest BCUT2D eigenvalue weighted by atomic mass is 10.2. The molecule has 9 heteroatoms. The van der Waals surface area contributed by atoms with E-state index < -0.39 is 11.0 Å². The van der Waals surface area contributed by atoms with Gasteiger partial charge in [-0.2, -0.15) is 0 Å². The van der Waals surface area contributed by atoms with Crippen LogP contribution in [0.2, 0.25) is 0 Å². The minimum absolute atomic E-state index is 0.160. The minimum Gasteiger partial charge on any atom is -0.495 e. The lowest BCUT2D eigenvalue weighted by Crippen LogP contribution is -2.19. The number of nitrogens with zero attached hydrogens (tertiary/aromatic N) is 1. The molecule has 1 heterocycles. The zero-order valence-corrected chi connectivity index (χ0v) is 12.3. The van der Waals surface area contributed by atoms with Crippen molar-refractivity contribution in [2.45, 2.75) is 0 Å². The third-order valence-electron chi connectivity index (χ3n) is 2.45. The fourth-order valence-electron chi connectivity index (χ4n) is 1.55. The SMILES string of the molecule is COc1ccc([N+](=O)[O-])cc1NC(=O)Nc1ccc(Br)o1. The van der Waals surface area contributed by atoms with Gasteiger partial charge in [-0.1, -0.05) is 0 Å². The number of amides is 2. The molecule has 2 aromatic rings. The van der Waals surface area contributed by atoms with Crippen molar-refractivity contribution >= 4 is 39.2 Å². The van der Waals surface area contributed by atoms with Gasteiger partial charge in [-0.15, -0.1) is 0 Å². The second kappa shape index (κ2) is 6.27. The van der Waals surface area contributed by atoms with Gasteiger partial charge < -0.3 is 14.5 Å². The summed E-state index contributed by atoms with van der Waals surface area (Å²) >= 11 is 3.10. The largest absolute Gasteiger partial charge is 0.495 e. The van der Waals surface area contributed by atoms with Crippen molar-refractivity contribution in [1.82, 2.24) is 0 Å². The van der Waals surface area contributed by atoms with E-state index in [-0.39, 0.29) is 17.3 Å². The molecule has 1 aromatic carbocycles. The molecule has 0 saturated heterocycles. The zero-order chi connectivity index (χ0) is 15.4. The number of hydrogen-bond donors (Lipinski definition) is 2. The zero-order valence-electron chi connectivity index (χ0n) is 10.8. The number of benzene rings is 1. The summed E-state index contributed by atoms with van der Waals surface area (Å²) in [6, 6.07) is 6.44. The molecule has 0 saturated carbocycles. The first-order chi connectivity index (χ1) is 9.99. The van der Waals surface area contributed by atoms with E-state index in [9.17, 15) is 14.9 Å². The van der Waals surface area contributed by atoms with Crippen LogP contribution >= 0.6 is 15.9 Å². The average molecular weight is 356 g/mol. The average Bonchev–Trinajstić information content (AvgIpc) is 2.83. The van der Waals surface area contributed by atoms with Crippen LogP contribution in [0.15, 0.2) is 39.4 Å². The number of nitrogens with one attached hydrogen (secondary N) is 2. The predicted octanol–water partition coefficient (Wildman–Crippen LogP) is 3.60. The molecule has 0 radical (unpaired) electrons. The summed E-state index contributed by atoms with van der Waals surface area (Å²) < 4.78 is 10.6.